The number of pyridine rings is 1. The average Bonchev–Trinajstić information content (AvgIpc) is 3.43. The topological polar surface area (TPSA) is 68.7 Å². The minimum Gasteiger partial charge on any atom is -0.370 e. The summed E-state index contributed by atoms with van der Waals surface area (Å²) >= 11 is 0. The van der Waals surface area contributed by atoms with Crippen LogP contribution in [0.1, 0.15) is 42.1 Å². The third-order valence-electron chi connectivity index (χ3n) is 6.75. The summed E-state index contributed by atoms with van der Waals surface area (Å²) in [5, 5.41) is 4.80. The molecule has 144 valence electrons. The van der Waals surface area contributed by atoms with Crippen molar-refractivity contribution in [3.63, 3.8) is 0 Å². The molecule has 5 heterocycles. The number of ether oxygens (including phenoxy) is 1. The number of nitrogens with two attached hydrogens (primary N) is 1. The second-order valence-corrected chi connectivity index (χ2v) is 8.93. The molecular weight excluding hydrogens is 350 g/mol. The molecule has 1 aliphatic carbocycles. The highest BCUT2D eigenvalue weighted by Crippen LogP contribution is 2.55. The molecule has 2 N–H and O–H groups in total. The molecule has 2 bridgehead atoms. The van der Waals surface area contributed by atoms with Crippen LogP contribution in [0.2, 0.25) is 0 Å². The molecule has 3 aliphatic heterocycles. The zero-order chi connectivity index (χ0) is 18.9. The molecule has 3 saturated heterocycles. The highest BCUT2D eigenvalue weighted by Gasteiger charge is 2.63. The lowest BCUT2D eigenvalue weighted by atomic mass is 9.69. The van der Waals surface area contributed by atoms with Gasteiger partial charge in [0.25, 0.3) is 0 Å². The van der Waals surface area contributed by atoms with Crippen LogP contribution in [-0.2, 0) is 10.3 Å². The molecule has 1 aromatic carbocycles. The van der Waals surface area contributed by atoms with Gasteiger partial charge in [-0.15, -0.1) is 5.10 Å². The predicted molar refractivity (Wildman–Crippen MR) is 108 cm³/mol. The van der Waals surface area contributed by atoms with Gasteiger partial charge in [-0.05, 0) is 30.5 Å². The third-order valence-corrected chi connectivity index (χ3v) is 6.75. The summed E-state index contributed by atoms with van der Waals surface area (Å²) in [6.45, 7) is 4.83. The molecule has 6 heteroatoms. The monoisotopic (exact) mass is 375 g/mol. The standard InChI is InChI=1S/C22H25N5O/c1-15-9-18(26-8-7-17(10-26)16-5-3-2-4-6-16)11-27-19(15)24-20(25-27)22-12-21(23,13-22)14-28-22/h2-6,9,11,17H,7-8,10,12-14,23H2,1H3. The van der Waals surface area contributed by atoms with Crippen molar-refractivity contribution in [2.45, 2.75) is 43.2 Å². The Balaban J connectivity index is 1.30. The van der Waals surface area contributed by atoms with E-state index in [0.29, 0.717) is 12.5 Å². The van der Waals surface area contributed by atoms with Crippen molar-refractivity contribution >= 4 is 11.3 Å². The first kappa shape index (κ1) is 16.5. The van der Waals surface area contributed by atoms with Crippen molar-refractivity contribution in [1.82, 2.24) is 14.6 Å². The van der Waals surface area contributed by atoms with Gasteiger partial charge < -0.3 is 15.4 Å². The highest BCUT2D eigenvalue weighted by atomic mass is 16.5. The van der Waals surface area contributed by atoms with Crippen LogP contribution in [0.5, 0.6) is 0 Å². The second-order valence-electron chi connectivity index (χ2n) is 8.93. The predicted octanol–water partition coefficient (Wildman–Crippen LogP) is 2.75. The molecule has 28 heavy (non-hydrogen) atoms. The maximum Gasteiger partial charge on any atom is 0.183 e. The number of rotatable bonds is 3. The smallest absolute Gasteiger partial charge is 0.183 e. The van der Waals surface area contributed by atoms with Crippen LogP contribution in [-0.4, -0.2) is 39.8 Å². The summed E-state index contributed by atoms with van der Waals surface area (Å²) < 4.78 is 7.93. The quantitative estimate of drug-likeness (QED) is 0.762. The summed E-state index contributed by atoms with van der Waals surface area (Å²) in [6, 6.07) is 13.1. The first-order valence-corrected chi connectivity index (χ1v) is 10.1. The van der Waals surface area contributed by atoms with Gasteiger partial charge >= 0.3 is 0 Å². The van der Waals surface area contributed by atoms with Crippen molar-refractivity contribution in [2.24, 2.45) is 5.73 Å². The lowest BCUT2D eigenvalue weighted by Crippen LogP contribution is -2.54. The van der Waals surface area contributed by atoms with Crippen LogP contribution in [0.15, 0.2) is 42.6 Å². The molecule has 0 spiro atoms. The van der Waals surface area contributed by atoms with E-state index in [0.717, 1.165) is 43.0 Å². The summed E-state index contributed by atoms with van der Waals surface area (Å²) in [6.07, 6.45) is 4.95. The maximum absolute atomic E-state index is 6.26. The molecule has 0 amide bonds. The minimum absolute atomic E-state index is 0.167. The van der Waals surface area contributed by atoms with E-state index in [9.17, 15) is 0 Å². The minimum atomic E-state index is -0.362. The largest absolute Gasteiger partial charge is 0.370 e. The number of nitrogens with zero attached hydrogens (tertiary/aromatic N) is 4. The number of aryl methyl sites for hydroxylation is 1. The molecule has 2 aromatic heterocycles. The fraction of sp³-hybridized carbons (Fsp3) is 0.455. The van der Waals surface area contributed by atoms with Crippen LogP contribution in [0, 0.1) is 6.92 Å². The van der Waals surface area contributed by atoms with Gasteiger partial charge in [0.2, 0.25) is 0 Å². The molecular formula is C22H25N5O. The van der Waals surface area contributed by atoms with E-state index >= 15 is 0 Å². The van der Waals surface area contributed by atoms with E-state index in [1.54, 1.807) is 0 Å². The first-order chi connectivity index (χ1) is 13.5. The van der Waals surface area contributed by atoms with E-state index in [-0.39, 0.29) is 11.1 Å². The number of hydrogen-bond acceptors (Lipinski definition) is 5. The summed E-state index contributed by atoms with van der Waals surface area (Å²) in [5.74, 6) is 1.37. The van der Waals surface area contributed by atoms with Crippen molar-refractivity contribution in [3.05, 3.63) is 59.5 Å². The van der Waals surface area contributed by atoms with Crippen molar-refractivity contribution in [2.75, 3.05) is 24.6 Å². The molecule has 1 atom stereocenters. The third kappa shape index (κ3) is 2.34. The Morgan fingerprint density at radius 3 is 2.79 bits per heavy atom. The van der Waals surface area contributed by atoms with Gasteiger partial charge in [-0.25, -0.2) is 9.50 Å². The molecule has 1 saturated carbocycles. The van der Waals surface area contributed by atoms with Gasteiger partial charge in [0, 0.05) is 37.4 Å². The Morgan fingerprint density at radius 2 is 2.04 bits per heavy atom. The fourth-order valence-electron chi connectivity index (χ4n) is 5.28. The van der Waals surface area contributed by atoms with Crippen molar-refractivity contribution in [3.8, 4) is 0 Å². The lowest BCUT2D eigenvalue weighted by Gasteiger charge is -2.39. The van der Waals surface area contributed by atoms with Crippen LogP contribution in [0.4, 0.5) is 5.69 Å². The van der Waals surface area contributed by atoms with Crippen LogP contribution >= 0.6 is 0 Å². The zero-order valence-corrected chi connectivity index (χ0v) is 16.1. The first-order valence-electron chi connectivity index (χ1n) is 10.1. The van der Waals surface area contributed by atoms with E-state index < -0.39 is 0 Å². The summed E-state index contributed by atoms with van der Waals surface area (Å²) in [5.41, 5.74) is 10.4. The van der Waals surface area contributed by atoms with Gasteiger partial charge in [0.05, 0.1) is 18.5 Å². The zero-order valence-electron chi connectivity index (χ0n) is 16.1. The number of aromatic nitrogens is 3. The molecule has 0 radical (unpaired) electrons. The summed E-state index contributed by atoms with van der Waals surface area (Å²) in [4.78, 5) is 7.28. The lowest BCUT2D eigenvalue weighted by molar-refractivity contribution is -0.0144. The number of benzene rings is 1. The molecule has 1 unspecified atom stereocenters. The molecule has 7 rings (SSSR count). The normalized spacial score (nSPS) is 31.5. The fourth-order valence-corrected chi connectivity index (χ4v) is 5.28. The Hall–Kier alpha value is -2.44. The van der Waals surface area contributed by atoms with Gasteiger partial charge in [-0.2, -0.15) is 0 Å². The number of hydrogen-bond donors (Lipinski definition) is 1. The van der Waals surface area contributed by atoms with Gasteiger partial charge in [-0.1, -0.05) is 30.3 Å². The Bertz CT molecular complexity index is 1050. The molecule has 6 nitrogen and oxygen atoms in total. The van der Waals surface area contributed by atoms with E-state index in [4.69, 9.17) is 20.6 Å². The number of fused-ring (bicyclic) bond motifs is 2. The average molecular weight is 375 g/mol. The molecule has 3 aromatic rings. The highest BCUT2D eigenvalue weighted by molar-refractivity contribution is 5.58. The van der Waals surface area contributed by atoms with Crippen molar-refractivity contribution in [1.29, 1.82) is 0 Å². The van der Waals surface area contributed by atoms with E-state index in [2.05, 4.69) is 54.4 Å². The Kier molecular flexibility index (Phi) is 3.27. The second kappa shape index (κ2) is 5.55. The van der Waals surface area contributed by atoms with Gasteiger partial charge in [0.1, 0.15) is 5.60 Å². The van der Waals surface area contributed by atoms with E-state index in [1.807, 2.05) is 4.52 Å². The Labute approximate surface area is 164 Å². The van der Waals surface area contributed by atoms with Crippen LogP contribution in [0.25, 0.3) is 5.65 Å². The SMILES string of the molecule is Cc1cc(N2CCC(c3ccccc3)C2)cn2nc(C34CC(N)(CO3)C4)nc12. The molecule has 4 fully saturated rings. The maximum atomic E-state index is 6.26. The van der Waals surface area contributed by atoms with E-state index in [1.165, 1.54) is 17.7 Å². The van der Waals surface area contributed by atoms with Gasteiger partial charge in [-0.3, -0.25) is 0 Å². The molecule has 4 aliphatic rings. The summed E-state index contributed by atoms with van der Waals surface area (Å²) in [7, 11) is 0. The van der Waals surface area contributed by atoms with Crippen LogP contribution < -0.4 is 10.6 Å². The Morgan fingerprint density at radius 1 is 1.21 bits per heavy atom. The van der Waals surface area contributed by atoms with Crippen molar-refractivity contribution < 1.29 is 4.74 Å². The van der Waals surface area contributed by atoms with Crippen LogP contribution in [0.3, 0.4) is 0 Å². The number of anilines is 1. The van der Waals surface area contributed by atoms with Gasteiger partial charge in [0.15, 0.2) is 11.5 Å².